The van der Waals surface area contributed by atoms with E-state index in [1.54, 1.807) is 0 Å². The fraction of sp³-hybridized carbons (Fsp3) is 0.800. The maximum atomic E-state index is 10.0. The largest absolute Gasteiger partial charge is 0.303 e. The Bertz CT molecular complexity index is 122. The standard InChI is InChI=1S/C5H6Cl2O/c1-3-4(2-8)5(3,6)7/h2-4H,1H3. The highest BCUT2D eigenvalue weighted by Gasteiger charge is 2.60. The maximum absolute atomic E-state index is 10.0. The minimum Gasteiger partial charge on any atom is -0.303 e. The van der Waals surface area contributed by atoms with Crippen molar-refractivity contribution < 1.29 is 4.79 Å². The topological polar surface area (TPSA) is 17.1 Å². The van der Waals surface area contributed by atoms with Crippen molar-refractivity contribution in [3.63, 3.8) is 0 Å². The second-order valence-corrected chi connectivity index (χ2v) is 3.57. The molecule has 0 N–H and O–H groups in total. The van der Waals surface area contributed by atoms with Crippen LogP contribution in [-0.4, -0.2) is 10.6 Å². The Kier molecular flexibility index (Phi) is 1.28. The fourth-order valence-corrected chi connectivity index (χ4v) is 1.34. The Morgan fingerprint density at radius 1 is 1.62 bits per heavy atom. The number of carbonyl (C=O) groups excluding carboxylic acids is 1. The quantitative estimate of drug-likeness (QED) is 0.413. The van der Waals surface area contributed by atoms with Crippen molar-refractivity contribution in [1.29, 1.82) is 0 Å². The number of alkyl halides is 2. The van der Waals surface area contributed by atoms with Crippen molar-refractivity contribution in [2.75, 3.05) is 0 Å². The lowest BCUT2D eigenvalue weighted by Crippen LogP contribution is -1.89. The van der Waals surface area contributed by atoms with Gasteiger partial charge in [-0.1, -0.05) is 6.92 Å². The Morgan fingerprint density at radius 3 is 2.00 bits per heavy atom. The van der Waals surface area contributed by atoms with E-state index in [0.717, 1.165) is 6.29 Å². The second-order valence-electron chi connectivity index (χ2n) is 2.13. The van der Waals surface area contributed by atoms with E-state index in [1.165, 1.54) is 0 Å². The summed E-state index contributed by atoms with van der Waals surface area (Å²) < 4.78 is -0.748. The average Bonchev–Trinajstić information content (AvgIpc) is 2.09. The molecule has 1 aliphatic carbocycles. The number of hydrogen-bond donors (Lipinski definition) is 0. The summed E-state index contributed by atoms with van der Waals surface area (Å²) in [6.07, 6.45) is 0.810. The molecule has 0 aliphatic heterocycles. The van der Waals surface area contributed by atoms with E-state index in [-0.39, 0.29) is 11.8 Å². The molecule has 1 nitrogen and oxygen atoms in total. The number of carbonyl (C=O) groups is 1. The van der Waals surface area contributed by atoms with Crippen LogP contribution < -0.4 is 0 Å². The molecule has 0 aromatic rings. The monoisotopic (exact) mass is 152 g/mol. The van der Waals surface area contributed by atoms with Gasteiger partial charge in [-0.2, -0.15) is 0 Å². The molecule has 8 heavy (non-hydrogen) atoms. The molecule has 0 heterocycles. The van der Waals surface area contributed by atoms with Gasteiger partial charge in [-0.05, 0) is 0 Å². The molecule has 0 aromatic heterocycles. The molecule has 1 saturated carbocycles. The van der Waals surface area contributed by atoms with Crippen molar-refractivity contribution >= 4 is 29.5 Å². The first-order chi connectivity index (χ1) is 3.60. The zero-order valence-corrected chi connectivity index (χ0v) is 5.91. The second kappa shape index (κ2) is 1.61. The summed E-state index contributed by atoms with van der Waals surface area (Å²) in [6.45, 7) is 1.86. The Hall–Kier alpha value is 0.250. The van der Waals surface area contributed by atoms with E-state index >= 15 is 0 Å². The molecule has 0 aromatic carbocycles. The van der Waals surface area contributed by atoms with Crippen molar-refractivity contribution in [3.05, 3.63) is 0 Å². The SMILES string of the molecule is CC1C(C=O)C1(Cl)Cl. The molecular formula is C5H6Cl2O. The van der Waals surface area contributed by atoms with Gasteiger partial charge in [-0.25, -0.2) is 0 Å². The minimum absolute atomic E-state index is 0.133. The molecule has 1 aliphatic rings. The van der Waals surface area contributed by atoms with Crippen LogP contribution in [0, 0.1) is 11.8 Å². The molecule has 0 amide bonds. The van der Waals surface area contributed by atoms with Crippen LogP contribution in [0.15, 0.2) is 0 Å². The van der Waals surface area contributed by atoms with Crippen LogP contribution in [0.4, 0.5) is 0 Å². The predicted molar refractivity (Wildman–Crippen MR) is 33.2 cm³/mol. The Morgan fingerprint density at radius 2 is 2.00 bits per heavy atom. The minimum atomic E-state index is -0.748. The third kappa shape index (κ3) is 0.652. The van der Waals surface area contributed by atoms with E-state index in [9.17, 15) is 4.79 Å². The van der Waals surface area contributed by atoms with E-state index < -0.39 is 4.33 Å². The van der Waals surface area contributed by atoms with Crippen LogP contribution in [0.5, 0.6) is 0 Å². The molecule has 0 spiro atoms. The summed E-state index contributed by atoms with van der Waals surface area (Å²) in [6, 6.07) is 0. The zero-order valence-electron chi connectivity index (χ0n) is 4.40. The normalized spacial score (nSPS) is 41.4. The third-order valence-electron chi connectivity index (χ3n) is 1.63. The zero-order chi connectivity index (χ0) is 6.36. The Labute approximate surface area is 58.0 Å². The number of aldehydes is 1. The van der Waals surface area contributed by atoms with E-state index in [2.05, 4.69) is 0 Å². The molecule has 0 bridgehead atoms. The lowest BCUT2D eigenvalue weighted by Gasteiger charge is -1.86. The van der Waals surface area contributed by atoms with Crippen LogP contribution in [0.25, 0.3) is 0 Å². The summed E-state index contributed by atoms with van der Waals surface area (Å²) in [5.74, 6) is 0.00849. The molecular weight excluding hydrogens is 147 g/mol. The van der Waals surface area contributed by atoms with Crippen molar-refractivity contribution in [1.82, 2.24) is 0 Å². The highest BCUT2D eigenvalue weighted by Crippen LogP contribution is 2.57. The van der Waals surface area contributed by atoms with Crippen molar-refractivity contribution in [2.45, 2.75) is 11.3 Å². The lowest BCUT2D eigenvalue weighted by atomic mass is 10.4. The first kappa shape index (κ1) is 6.37. The van der Waals surface area contributed by atoms with Gasteiger partial charge < -0.3 is 4.79 Å². The van der Waals surface area contributed by atoms with Gasteiger partial charge in [0, 0.05) is 5.92 Å². The van der Waals surface area contributed by atoms with Crippen LogP contribution >= 0.6 is 23.2 Å². The van der Waals surface area contributed by atoms with Gasteiger partial charge in [0.2, 0.25) is 0 Å². The van der Waals surface area contributed by atoms with Gasteiger partial charge in [0.15, 0.2) is 0 Å². The summed E-state index contributed by atoms with van der Waals surface area (Å²) in [5.41, 5.74) is 0. The van der Waals surface area contributed by atoms with Gasteiger partial charge in [0.1, 0.15) is 10.6 Å². The average molecular weight is 153 g/mol. The van der Waals surface area contributed by atoms with Crippen LogP contribution in [0.3, 0.4) is 0 Å². The van der Waals surface area contributed by atoms with Gasteiger partial charge in [-0.15, -0.1) is 23.2 Å². The summed E-state index contributed by atoms with van der Waals surface area (Å²) in [7, 11) is 0. The molecule has 2 atom stereocenters. The third-order valence-corrected chi connectivity index (χ3v) is 2.82. The Balaban J connectivity index is 2.57. The number of halogens is 2. The fourth-order valence-electron chi connectivity index (χ4n) is 0.718. The van der Waals surface area contributed by atoms with E-state index in [0.29, 0.717) is 0 Å². The first-order valence-electron chi connectivity index (χ1n) is 2.44. The summed E-state index contributed by atoms with van der Waals surface area (Å²) >= 11 is 11.2. The van der Waals surface area contributed by atoms with Crippen molar-refractivity contribution in [3.8, 4) is 0 Å². The first-order valence-corrected chi connectivity index (χ1v) is 3.19. The number of rotatable bonds is 1. The van der Waals surface area contributed by atoms with Gasteiger partial charge >= 0.3 is 0 Å². The summed E-state index contributed by atoms with van der Waals surface area (Å²) in [5, 5.41) is 0. The molecule has 1 rings (SSSR count). The summed E-state index contributed by atoms with van der Waals surface area (Å²) in [4.78, 5) is 10.0. The van der Waals surface area contributed by atoms with Crippen molar-refractivity contribution in [2.24, 2.45) is 11.8 Å². The lowest BCUT2D eigenvalue weighted by molar-refractivity contribution is -0.109. The molecule has 46 valence electrons. The smallest absolute Gasteiger partial charge is 0.131 e. The van der Waals surface area contributed by atoms with Gasteiger partial charge in [0.25, 0.3) is 0 Å². The van der Waals surface area contributed by atoms with E-state index in [4.69, 9.17) is 23.2 Å². The molecule has 2 unspecified atom stereocenters. The number of hydrogen-bond acceptors (Lipinski definition) is 1. The van der Waals surface area contributed by atoms with Crippen LogP contribution in [-0.2, 0) is 4.79 Å². The highest BCUT2D eigenvalue weighted by atomic mass is 35.5. The highest BCUT2D eigenvalue weighted by molar-refractivity contribution is 6.52. The molecule has 0 saturated heterocycles. The van der Waals surface area contributed by atoms with Gasteiger partial charge in [0.05, 0.1) is 5.92 Å². The molecule has 0 radical (unpaired) electrons. The predicted octanol–water partition coefficient (Wildman–Crippen LogP) is 1.63. The molecule has 1 fully saturated rings. The van der Waals surface area contributed by atoms with Gasteiger partial charge in [-0.3, -0.25) is 0 Å². The van der Waals surface area contributed by atoms with Crippen LogP contribution in [0.2, 0.25) is 0 Å². The van der Waals surface area contributed by atoms with Crippen LogP contribution in [0.1, 0.15) is 6.92 Å². The molecule has 3 heteroatoms. The maximum Gasteiger partial charge on any atom is 0.131 e. The van der Waals surface area contributed by atoms with E-state index in [1.807, 2.05) is 6.92 Å².